The van der Waals surface area contributed by atoms with Crippen molar-refractivity contribution < 1.29 is 18.3 Å². The summed E-state index contributed by atoms with van der Waals surface area (Å²) < 4.78 is 28.9. The average molecular weight is 334 g/mol. The molecule has 0 amide bonds. The maximum atomic E-state index is 12.2. The number of rotatable bonds is 7. The van der Waals surface area contributed by atoms with Crippen LogP contribution in [0.1, 0.15) is 12.8 Å². The number of carbonyl (C=O) groups excluding carboxylic acids is 1. The Bertz CT molecular complexity index is 470. The van der Waals surface area contributed by atoms with Gasteiger partial charge in [-0.25, -0.2) is 0 Å². The molecule has 4 nitrogen and oxygen atoms in total. The van der Waals surface area contributed by atoms with Gasteiger partial charge in [0.25, 0.3) is 5.76 Å². The topological polar surface area (TPSA) is 50.4 Å². The van der Waals surface area contributed by atoms with Crippen molar-refractivity contribution in [1.29, 1.82) is 0 Å². The molecule has 2 N–H and O–H groups in total. The summed E-state index contributed by atoms with van der Waals surface area (Å²) in [5, 5.41) is 6.29. The van der Waals surface area contributed by atoms with Gasteiger partial charge in [0.15, 0.2) is 5.11 Å². The summed E-state index contributed by atoms with van der Waals surface area (Å²) >= 11 is 5.58. The predicted molar refractivity (Wildman–Crippen MR) is 83.8 cm³/mol. The zero-order chi connectivity index (χ0) is 15.7. The van der Waals surface area contributed by atoms with Crippen molar-refractivity contribution in [2.75, 3.05) is 19.0 Å². The molecule has 21 heavy (non-hydrogen) atoms. The number of hydrogen-bond acceptors (Lipinski definition) is 4. The number of alkyl halides is 2. The first kappa shape index (κ1) is 17.6. The van der Waals surface area contributed by atoms with Gasteiger partial charge in [0.05, 0.1) is 7.11 Å². The van der Waals surface area contributed by atoms with Crippen molar-refractivity contribution >= 4 is 40.7 Å². The smallest absolute Gasteiger partial charge is 0.305 e. The second-order valence-corrected chi connectivity index (χ2v) is 5.44. The van der Waals surface area contributed by atoms with Crippen LogP contribution in [-0.4, -0.2) is 30.5 Å². The molecule has 1 rings (SSSR count). The molecule has 0 heterocycles. The van der Waals surface area contributed by atoms with Gasteiger partial charge >= 0.3 is 5.97 Å². The van der Waals surface area contributed by atoms with Crippen molar-refractivity contribution in [3.63, 3.8) is 0 Å². The lowest BCUT2D eigenvalue weighted by molar-refractivity contribution is -0.140. The third-order valence-corrected chi connectivity index (χ3v) is 3.38. The van der Waals surface area contributed by atoms with Crippen LogP contribution in [0.2, 0.25) is 0 Å². The van der Waals surface area contributed by atoms with Crippen molar-refractivity contribution in [3.05, 3.63) is 24.3 Å². The highest BCUT2D eigenvalue weighted by atomic mass is 32.2. The Morgan fingerprint density at radius 2 is 2.05 bits per heavy atom. The van der Waals surface area contributed by atoms with Crippen molar-refractivity contribution in [2.24, 2.45) is 0 Å². The molecule has 0 spiro atoms. The molecular weight excluding hydrogens is 318 g/mol. The number of halogens is 2. The van der Waals surface area contributed by atoms with E-state index in [4.69, 9.17) is 12.2 Å². The van der Waals surface area contributed by atoms with E-state index >= 15 is 0 Å². The SMILES string of the molecule is COC(=O)CCCNC(=S)Nc1ccc(SC(F)F)cc1. The van der Waals surface area contributed by atoms with Crippen LogP contribution in [-0.2, 0) is 9.53 Å². The molecule has 0 atom stereocenters. The molecule has 0 aliphatic rings. The van der Waals surface area contributed by atoms with Gasteiger partial charge < -0.3 is 15.4 Å². The second-order valence-electron chi connectivity index (χ2n) is 3.96. The lowest BCUT2D eigenvalue weighted by Gasteiger charge is -2.10. The lowest BCUT2D eigenvalue weighted by atomic mass is 10.3. The first-order valence-electron chi connectivity index (χ1n) is 6.18. The highest BCUT2D eigenvalue weighted by molar-refractivity contribution is 7.99. The highest BCUT2D eigenvalue weighted by Gasteiger charge is 2.05. The molecule has 8 heteroatoms. The second kappa shape index (κ2) is 9.51. The largest absolute Gasteiger partial charge is 0.469 e. The van der Waals surface area contributed by atoms with Gasteiger partial charge in [-0.3, -0.25) is 4.79 Å². The third kappa shape index (κ3) is 7.81. The van der Waals surface area contributed by atoms with Crippen LogP contribution in [0.5, 0.6) is 0 Å². The normalized spacial score (nSPS) is 10.3. The molecule has 0 saturated heterocycles. The minimum atomic E-state index is -2.43. The van der Waals surface area contributed by atoms with E-state index in [-0.39, 0.29) is 5.97 Å². The van der Waals surface area contributed by atoms with Gasteiger partial charge in [-0.15, -0.1) is 0 Å². The Morgan fingerprint density at radius 1 is 1.38 bits per heavy atom. The number of carbonyl (C=O) groups is 1. The van der Waals surface area contributed by atoms with Crippen LogP contribution >= 0.6 is 24.0 Å². The van der Waals surface area contributed by atoms with E-state index in [0.717, 1.165) is 0 Å². The standard InChI is InChI=1S/C13H16F2N2O2S2/c1-19-11(18)3-2-8-16-13(20)17-9-4-6-10(7-5-9)21-12(14)15/h4-7,12H,2-3,8H2,1H3,(H2,16,17,20). The maximum Gasteiger partial charge on any atom is 0.305 e. The molecule has 116 valence electrons. The predicted octanol–water partition coefficient (Wildman–Crippen LogP) is 3.24. The molecular formula is C13H16F2N2O2S2. The number of nitrogens with one attached hydrogen (secondary N) is 2. The molecule has 0 aliphatic carbocycles. The average Bonchev–Trinajstić information content (AvgIpc) is 2.45. The molecule has 0 unspecified atom stereocenters. The van der Waals surface area contributed by atoms with E-state index in [1.807, 2.05) is 0 Å². The zero-order valence-electron chi connectivity index (χ0n) is 11.4. The van der Waals surface area contributed by atoms with Crippen LogP contribution in [0.15, 0.2) is 29.2 Å². The summed E-state index contributed by atoms with van der Waals surface area (Å²) in [4.78, 5) is 11.4. The van der Waals surface area contributed by atoms with Gasteiger partial charge in [0.2, 0.25) is 0 Å². The summed E-state index contributed by atoms with van der Waals surface area (Å²) in [5.41, 5.74) is 0.707. The fraction of sp³-hybridized carbons (Fsp3) is 0.385. The fourth-order valence-electron chi connectivity index (χ4n) is 1.43. The Balaban J connectivity index is 2.29. The van der Waals surface area contributed by atoms with Gasteiger partial charge in [0, 0.05) is 23.5 Å². The van der Waals surface area contributed by atoms with E-state index < -0.39 is 5.76 Å². The summed E-state index contributed by atoms with van der Waals surface area (Å²) in [5.74, 6) is -2.69. The molecule has 0 fully saturated rings. The molecule has 1 aromatic carbocycles. The van der Waals surface area contributed by atoms with Crippen LogP contribution < -0.4 is 10.6 Å². The molecule has 0 aliphatic heterocycles. The highest BCUT2D eigenvalue weighted by Crippen LogP contribution is 2.26. The number of hydrogen-bond donors (Lipinski definition) is 2. The van der Waals surface area contributed by atoms with Gasteiger partial charge in [-0.2, -0.15) is 8.78 Å². The Hall–Kier alpha value is -1.41. The van der Waals surface area contributed by atoms with E-state index in [2.05, 4.69) is 15.4 Å². The van der Waals surface area contributed by atoms with Crippen LogP contribution in [0, 0.1) is 0 Å². The number of benzene rings is 1. The molecule has 0 radical (unpaired) electrons. The van der Waals surface area contributed by atoms with Crippen LogP contribution in [0.25, 0.3) is 0 Å². The molecule has 1 aromatic rings. The van der Waals surface area contributed by atoms with Crippen LogP contribution in [0.4, 0.5) is 14.5 Å². The summed E-state index contributed by atoms with van der Waals surface area (Å²) in [6.07, 6.45) is 0.935. The minimum absolute atomic E-state index is 0.261. The number of ether oxygens (including phenoxy) is 1. The molecule has 0 bridgehead atoms. The number of anilines is 1. The summed E-state index contributed by atoms with van der Waals surface area (Å²) in [7, 11) is 1.35. The maximum absolute atomic E-state index is 12.2. The zero-order valence-corrected chi connectivity index (χ0v) is 13.0. The van der Waals surface area contributed by atoms with E-state index in [9.17, 15) is 13.6 Å². The minimum Gasteiger partial charge on any atom is -0.469 e. The Labute approximate surface area is 131 Å². The molecule has 0 saturated carbocycles. The van der Waals surface area contributed by atoms with E-state index in [0.29, 0.717) is 46.8 Å². The van der Waals surface area contributed by atoms with Crippen LogP contribution in [0.3, 0.4) is 0 Å². The van der Waals surface area contributed by atoms with Gasteiger partial charge in [-0.05, 0) is 42.9 Å². The fourth-order valence-corrected chi connectivity index (χ4v) is 2.15. The molecule has 0 aromatic heterocycles. The monoisotopic (exact) mass is 334 g/mol. The number of thiocarbonyl (C=S) groups is 1. The lowest BCUT2D eigenvalue weighted by Crippen LogP contribution is -2.29. The van der Waals surface area contributed by atoms with Crippen molar-refractivity contribution in [3.8, 4) is 0 Å². The first-order valence-corrected chi connectivity index (χ1v) is 7.46. The Kier molecular flexibility index (Phi) is 7.99. The van der Waals surface area contributed by atoms with Crippen molar-refractivity contribution in [1.82, 2.24) is 5.32 Å². The van der Waals surface area contributed by atoms with Crippen molar-refractivity contribution in [2.45, 2.75) is 23.5 Å². The third-order valence-electron chi connectivity index (χ3n) is 2.41. The quantitative estimate of drug-likeness (QED) is 0.345. The van der Waals surface area contributed by atoms with Gasteiger partial charge in [-0.1, -0.05) is 11.8 Å². The summed E-state index contributed by atoms with van der Waals surface area (Å²) in [6, 6.07) is 6.54. The van der Waals surface area contributed by atoms with E-state index in [1.165, 1.54) is 7.11 Å². The Morgan fingerprint density at radius 3 is 2.62 bits per heavy atom. The summed E-state index contributed by atoms with van der Waals surface area (Å²) in [6.45, 7) is 0.542. The number of esters is 1. The van der Waals surface area contributed by atoms with E-state index in [1.54, 1.807) is 24.3 Å². The number of thioether (sulfide) groups is 1. The first-order chi connectivity index (χ1) is 10.0. The van der Waals surface area contributed by atoms with Gasteiger partial charge in [0.1, 0.15) is 0 Å². The number of methoxy groups -OCH3 is 1.